The van der Waals surface area contributed by atoms with Gasteiger partial charge in [0, 0.05) is 25.6 Å². The molecule has 3 aromatic rings. The monoisotopic (exact) mass is 498 g/mol. The highest BCUT2D eigenvalue weighted by atomic mass is 32.2. The molecule has 0 bridgehead atoms. The first kappa shape index (κ1) is 25.0. The fourth-order valence-corrected chi connectivity index (χ4v) is 5.62. The molecule has 1 amide bonds. The Balaban J connectivity index is 1.76. The Hall–Kier alpha value is -2.63. The van der Waals surface area contributed by atoms with Gasteiger partial charge in [-0.15, -0.1) is 0 Å². The molecule has 178 valence electrons. The average Bonchev–Trinajstić information content (AvgIpc) is 3.10. The summed E-state index contributed by atoms with van der Waals surface area (Å²) in [7, 11) is -2.08. The summed E-state index contributed by atoms with van der Waals surface area (Å²) in [6, 6.07) is 7.97. The first-order valence-corrected chi connectivity index (χ1v) is 12.7. The SMILES string of the molecule is CCOCCn1c(=NC(=O)CCCS(=O)(=O)c2ccc(OC)cc2)sc2cc(F)cc(F)c21. The minimum absolute atomic E-state index is 0.0729. The van der Waals surface area contributed by atoms with Gasteiger partial charge >= 0.3 is 0 Å². The summed E-state index contributed by atoms with van der Waals surface area (Å²) in [6.45, 7) is 2.78. The van der Waals surface area contributed by atoms with Crippen LogP contribution in [-0.4, -0.2) is 45.0 Å². The van der Waals surface area contributed by atoms with E-state index in [1.807, 2.05) is 6.92 Å². The van der Waals surface area contributed by atoms with E-state index in [1.54, 1.807) is 12.1 Å². The smallest absolute Gasteiger partial charge is 0.248 e. The van der Waals surface area contributed by atoms with Crippen LogP contribution in [-0.2, 0) is 25.9 Å². The van der Waals surface area contributed by atoms with Crippen molar-refractivity contribution in [1.82, 2.24) is 4.57 Å². The van der Waals surface area contributed by atoms with E-state index in [0.29, 0.717) is 17.1 Å². The van der Waals surface area contributed by atoms with Crippen molar-refractivity contribution in [2.75, 3.05) is 26.1 Å². The van der Waals surface area contributed by atoms with E-state index in [-0.39, 0.29) is 47.0 Å². The van der Waals surface area contributed by atoms with E-state index in [2.05, 4.69) is 4.99 Å². The van der Waals surface area contributed by atoms with E-state index >= 15 is 0 Å². The number of ether oxygens (including phenoxy) is 2. The van der Waals surface area contributed by atoms with E-state index in [9.17, 15) is 22.0 Å². The van der Waals surface area contributed by atoms with Gasteiger partial charge in [0.15, 0.2) is 20.5 Å². The second-order valence-corrected chi connectivity index (χ2v) is 10.2. The molecule has 0 radical (unpaired) electrons. The highest BCUT2D eigenvalue weighted by molar-refractivity contribution is 7.91. The minimum atomic E-state index is -3.57. The summed E-state index contributed by atoms with van der Waals surface area (Å²) in [5.41, 5.74) is 0.148. The number of fused-ring (bicyclic) bond motifs is 1. The van der Waals surface area contributed by atoms with Gasteiger partial charge in [-0.3, -0.25) is 4.79 Å². The zero-order valence-corrected chi connectivity index (χ0v) is 19.8. The number of methoxy groups -OCH3 is 1. The number of sulfone groups is 1. The molecule has 0 fully saturated rings. The molecule has 0 aliphatic heterocycles. The van der Waals surface area contributed by atoms with Crippen molar-refractivity contribution in [3.05, 3.63) is 52.8 Å². The van der Waals surface area contributed by atoms with Gasteiger partial charge < -0.3 is 14.0 Å². The van der Waals surface area contributed by atoms with Crippen molar-refractivity contribution in [2.45, 2.75) is 31.2 Å². The molecule has 0 aliphatic carbocycles. The second-order valence-electron chi connectivity index (χ2n) is 7.07. The molecular weight excluding hydrogens is 474 g/mol. The molecule has 11 heteroatoms. The van der Waals surface area contributed by atoms with Crippen LogP contribution in [0.3, 0.4) is 0 Å². The number of nitrogens with zero attached hydrogens (tertiary/aromatic N) is 2. The van der Waals surface area contributed by atoms with Crippen LogP contribution < -0.4 is 9.54 Å². The third kappa shape index (κ3) is 6.24. The van der Waals surface area contributed by atoms with Crippen molar-refractivity contribution in [1.29, 1.82) is 0 Å². The molecule has 0 saturated carbocycles. The summed E-state index contributed by atoms with van der Waals surface area (Å²) in [4.78, 5) is 16.8. The van der Waals surface area contributed by atoms with Crippen molar-refractivity contribution in [3.8, 4) is 5.75 Å². The standard InChI is InChI=1S/C22H24F2N2O5S2/c1-3-31-11-10-26-21-18(24)13-15(23)14-19(21)32-22(26)25-20(27)5-4-12-33(28,29)17-8-6-16(30-2)7-9-17/h6-9,13-14H,3-5,10-12H2,1-2H3. The van der Waals surface area contributed by atoms with Crippen LogP contribution in [0.4, 0.5) is 8.78 Å². The number of carbonyl (C=O) groups excluding carboxylic acids is 1. The molecular formula is C22H24F2N2O5S2. The maximum Gasteiger partial charge on any atom is 0.248 e. The number of amides is 1. The minimum Gasteiger partial charge on any atom is -0.497 e. The lowest BCUT2D eigenvalue weighted by Crippen LogP contribution is -2.20. The Morgan fingerprint density at radius 3 is 2.58 bits per heavy atom. The summed E-state index contributed by atoms with van der Waals surface area (Å²) >= 11 is 0.988. The Morgan fingerprint density at radius 1 is 1.18 bits per heavy atom. The van der Waals surface area contributed by atoms with Gasteiger partial charge in [0.1, 0.15) is 11.6 Å². The molecule has 33 heavy (non-hydrogen) atoms. The third-order valence-corrected chi connectivity index (χ3v) is 7.64. The molecule has 2 aromatic carbocycles. The molecule has 0 spiro atoms. The van der Waals surface area contributed by atoms with Crippen LogP contribution in [0.1, 0.15) is 19.8 Å². The van der Waals surface area contributed by atoms with E-state index in [0.717, 1.165) is 17.4 Å². The fourth-order valence-electron chi connectivity index (χ4n) is 3.20. The quantitative estimate of drug-likeness (QED) is 0.398. The maximum absolute atomic E-state index is 14.4. The Morgan fingerprint density at radius 2 is 1.91 bits per heavy atom. The number of thiazole rings is 1. The zero-order valence-electron chi connectivity index (χ0n) is 18.2. The molecule has 0 unspecified atom stereocenters. The van der Waals surface area contributed by atoms with Crippen LogP contribution in [0.25, 0.3) is 10.2 Å². The first-order valence-electron chi connectivity index (χ1n) is 10.3. The average molecular weight is 499 g/mol. The number of carbonyl (C=O) groups is 1. The van der Waals surface area contributed by atoms with Crippen molar-refractivity contribution in [3.63, 3.8) is 0 Å². The molecule has 1 heterocycles. The molecule has 0 saturated heterocycles. The van der Waals surface area contributed by atoms with Gasteiger partial charge in [0.25, 0.3) is 0 Å². The van der Waals surface area contributed by atoms with E-state index in [4.69, 9.17) is 9.47 Å². The predicted molar refractivity (Wildman–Crippen MR) is 121 cm³/mol. The van der Waals surface area contributed by atoms with Gasteiger partial charge in [-0.25, -0.2) is 17.2 Å². The van der Waals surface area contributed by atoms with Crippen LogP contribution >= 0.6 is 11.3 Å². The van der Waals surface area contributed by atoms with Crippen LogP contribution in [0.2, 0.25) is 0 Å². The molecule has 1 aromatic heterocycles. The Labute approximate surface area is 194 Å². The second kappa shape index (κ2) is 11.0. The number of hydrogen-bond acceptors (Lipinski definition) is 6. The first-order chi connectivity index (χ1) is 15.7. The molecule has 0 N–H and O–H groups in total. The number of hydrogen-bond donors (Lipinski definition) is 0. The number of rotatable bonds is 10. The zero-order chi connectivity index (χ0) is 24.0. The van der Waals surface area contributed by atoms with Crippen LogP contribution in [0, 0.1) is 11.6 Å². The normalized spacial score (nSPS) is 12.4. The van der Waals surface area contributed by atoms with Crippen LogP contribution in [0.15, 0.2) is 46.3 Å². The Kier molecular flexibility index (Phi) is 8.33. The molecule has 7 nitrogen and oxygen atoms in total. The predicted octanol–water partition coefficient (Wildman–Crippen LogP) is 3.71. The van der Waals surface area contributed by atoms with Gasteiger partial charge in [0.05, 0.1) is 34.6 Å². The lowest BCUT2D eigenvalue weighted by atomic mass is 10.3. The largest absolute Gasteiger partial charge is 0.497 e. The number of aromatic nitrogens is 1. The van der Waals surface area contributed by atoms with Crippen molar-refractivity contribution < 1.29 is 31.5 Å². The van der Waals surface area contributed by atoms with Gasteiger partial charge in [-0.05, 0) is 43.7 Å². The summed E-state index contributed by atoms with van der Waals surface area (Å²) in [5, 5.41) is 0. The summed E-state index contributed by atoms with van der Waals surface area (Å²) < 4.78 is 65.2. The third-order valence-electron chi connectivity index (χ3n) is 4.80. The Bertz CT molecular complexity index is 1300. The van der Waals surface area contributed by atoms with Gasteiger partial charge in [0.2, 0.25) is 5.91 Å². The highest BCUT2D eigenvalue weighted by Crippen LogP contribution is 2.22. The molecule has 0 aliphatic rings. The van der Waals surface area contributed by atoms with Crippen molar-refractivity contribution >= 4 is 37.3 Å². The maximum atomic E-state index is 14.4. The van der Waals surface area contributed by atoms with E-state index < -0.39 is 27.4 Å². The lowest BCUT2D eigenvalue weighted by Gasteiger charge is -2.06. The van der Waals surface area contributed by atoms with Crippen LogP contribution in [0.5, 0.6) is 5.75 Å². The van der Waals surface area contributed by atoms with Crippen molar-refractivity contribution in [2.24, 2.45) is 4.99 Å². The summed E-state index contributed by atoms with van der Waals surface area (Å²) in [5.74, 6) is -1.70. The molecule has 0 atom stereocenters. The van der Waals surface area contributed by atoms with E-state index in [1.165, 1.54) is 29.9 Å². The molecule has 3 rings (SSSR count). The topological polar surface area (TPSA) is 87.0 Å². The van der Waals surface area contributed by atoms with Gasteiger partial charge in [-0.2, -0.15) is 4.99 Å². The number of benzene rings is 2. The van der Waals surface area contributed by atoms with Gasteiger partial charge in [-0.1, -0.05) is 11.3 Å². The number of halogens is 2. The highest BCUT2D eigenvalue weighted by Gasteiger charge is 2.16. The summed E-state index contributed by atoms with van der Waals surface area (Å²) in [6.07, 6.45) is -0.0323. The lowest BCUT2D eigenvalue weighted by molar-refractivity contribution is -0.118. The fraction of sp³-hybridized carbons (Fsp3) is 0.364.